The number of hydrogen-bond acceptors (Lipinski definition) is 4. The summed E-state index contributed by atoms with van der Waals surface area (Å²) in [5, 5.41) is 7.17. The molecule has 0 aliphatic carbocycles. The molecular formula is C17H21FN4O. The number of hydrogen-bond donors (Lipinski definition) is 1. The lowest BCUT2D eigenvalue weighted by molar-refractivity contribution is 0.232. The van der Waals surface area contributed by atoms with Crippen LogP contribution in [0.5, 0.6) is 5.88 Å². The van der Waals surface area contributed by atoms with Crippen molar-refractivity contribution in [3.8, 4) is 5.88 Å². The number of nitrogens with zero attached hydrogens (tertiary/aromatic N) is 3. The smallest absolute Gasteiger partial charge is 0.211 e. The van der Waals surface area contributed by atoms with Gasteiger partial charge < -0.3 is 14.5 Å². The molecule has 1 aromatic carbocycles. The predicted octanol–water partition coefficient (Wildman–Crippen LogP) is 3.65. The molecule has 2 heterocycles. The van der Waals surface area contributed by atoms with Crippen LogP contribution in [0.1, 0.15) is 32.4 Å². The largest absolute Gasteiger partial charge is 0.475 e. The summed E-state index contributed by atoms with van der Waals surface area (Å²) < 4.78 is 18.6. The predicted molar refractivity (Wildman–Crippen MR) is 87.5 cm³/mol. The minimum absolute atomic E-state index is 0.104. The van der Waals surface area contributed by atoms with E-state index >= 15 is 0 Å². The SMILES string of the molecule is CC(C)Oc1cc(N2C=CN([C@@H](C)c3ccc(F)cc3)C2)n[nH]1. The van der Waals surface area contributed by atoms with E-state index in [0.29, 0.717) is 12.5 Å². The monoisotopic (exact) mass is 316 g/mol. The van der Waals surface area contributed by atoms with Crippen LogP contribution in [0.15, 0.2) is 42.7 Å². The fourth-order valence-corrected chi connectivity index (χ4v) is 2.53. The fourth-order valence-electron chi connectivity index (χ4n) is 2.53. The molecule has 1 aliphatic heterocycles. The van der Waals surface area contributed by atoms with Gasteiger partial charge in [-0.2, -0.15) is 5.10 Å². The Morgan fingerprint density at radius 3 is 2.61 bits per heavy atom. The topological polar surface area (TPSA) is 44.4 Å². The summed E-state index contributed by atoms with van der Waals surface area (Å²) in [5.74, 6) is 1.26. The summed E-state index contributed by atoms with van der Waals surface area (Å²) in [4.78, 5) is 4.20. The van der Waals surface area contributed by atoms with Crippen molar-refractivity contribution in [2.45, 2.75) is 32.9 Å². The van der Waals surface area contributed by atoms with E-state index in [1.807, 2.05) is 49.3 Å². The van der Waals surface area contributed by atoms with E-state index < -0.39 is 0 Å². The highest BCUT2D eigenvalue weighted by atomic mass is 19.1. The van der Waals surface area contributed by atoms with E-state index in [1.165, 1.54) is 12.1 Å². The molecule has 0 unspecified atom stereocenters. The highest BCUT2D eigenvalue weighted by molar-refractivity contribution is 5.46. The van der Waals surface area contributed by atoms with Gasteiger partial charge in [-0.25, -0.2) is 9.49 Å². The van der Waals surface area contributed by atoms with Crippen LogP contribution in [0.4, 0.5) is 10.2 Å². The van der Waals surface area contributed by atoms with Gasteiger partial charge >= 0.3 is 0 Å². The van der Waals surface area contributed by atoms with Gasteiger partial charge in [0.1, 0.15) is 5.82 Å². The number of benzene rings is 1. The Bertz CT molecular complexity index is 680. The number of anilines is 1. The van der Waals surface area contributed by atoms with Crippen LogP contribution >= 0.6 is 0 Å². The molecule has 1 aliphatic rings. The highest BCUT2D eigenvalue weighted by Gasteiger charge is 2.21. The summed E-state index contributed by atoms with van der Waals surface area (Å²) in [6.07, 6.45) is 4.11. The lowest BCUT2D eigenvalue weighted by Gasteiger charge is -2.26. The standard InChI is InChI=1S/C17H21FN4O/c1-12(2)23-17-10-16(19-20-17)22-9-8-21(11-22)13(3)14-4-6-15(18)7-5-14/h4-10,12-13H,11H2,1-3H3,(H,19,20)/t13-/m0/s1. The van der Waals surface area contributed by atoms with Crippen molar-refractivity contribution in [1.82, 2.24) is 15.1 Å². The summed E-state index contributed by atoms with van der Waals surface area (Å²) >= 11 is 0. The Hall–Kier alpha value is -2.50. The van der Waals surface area contributed by atoms with Gasteiger partial charge in [-0.15, -0.1) is 0 Å². The first-order chi connectivity index (χ1) is 11.0. The van der Waals surface area contributed by atoms with Gasteiger partial charge in [-0.3, -0.25) is 0 Å². The maximum absolute atomic E-state index is 13.0. The van der Waals surface area contributed by atoms with Gasteiger partial charge in [0.25, 0.3) is 0 Å². The van der Waals surface area contributed by atoms with E-state index in [9.17, 15) is 4.39 Å². The number of aromatic amines is 1. The third-order valence-corrected chi connectivity index (χ3v) is 3.80. The van der Waals surface area contributed by atoms with Gasteiger partial charge in [-0.05, 0) is 38.5 Å². The lowest BCUT2D eigenvalue weighted by atomic mass is 10.1. The molecular weight excluding hydrogens is 295 g/mol. The molecule has 0 radical (unpaired) electrons. The van der Waals surface area contributed by atoms with Crippen molar-refractivity contribution in [3.05, 3.63) is 54.1 Å². The van der Waals surface area contributed by atoms with Crippen molar-refractivity contribution in [3.63, 3.8) is 0 Å². The molecule has 0 amide bonds. The van der Waals surface area contributed by atoms with Crippen molar-refractivity contribution in [2.24, 2.45) is 0 Å². The average molecular weight is 316 g/mol. The lowest BCUT2D eigenvalue weighted by Crippen LogP contribution is -2.27. The summed E-state index contributed by atoms with van der Waals surface area (Å²) in [6.45, 7) is 6.73. The molecule has 0 fully saturated rings. The van der Waals surface area contributed by atoms with E-state index in [2.05, 4.69) is 22.0 Å². The van der Waals surface area contributed by atoms with Gasteiger partial charge in [0.2, 0.25) is 5.88 Å². The molecule has 1 N–H and O–H groups in total. The molecule has 23 heavy (non-hydrogen) atoms. The number of aromatic nitrogens is 2. The molecule has 0 spiro atoms. The summed E-state index contributed by atoms with van der Waals surface area (Å²) in [7, 11) is 0. The first-order valence-corrected chi connectivity index (χ1v) is 7.71. The molecule has 122 valence electrons. The van der Waals surface area contributed by atoms with E-state index in [1.54, 1.807) is 0 Å². The maximum atomic E-state index is 13.0. The van der Waals surface area contributed by atoms with Crippen LogP contribution < -0.4 is 9.64 Å². The van der Waals surface area contributed by atoms with Crippen molar-refractivity contribution >= 4 is 5.82 Å². The third-order valence-electron chi connectivity index (χ3n) is 3.80. The Labute approximate surface area is 135 Å². The fraction of sp³-hybridized carbons (Fsp3) is 0.353. The zero-order valence-electron chi connectivity index (χ0n) is 13.5. The van der Waals surface area contributed by atoms with Crippen LogP contribution in [-0.2, 0) is 0 Å². The number of rotatable bonds is 5. The zero-order chi connectivity index (χ0) is 16.4. The van der Waals surface area contributed by atoms with Crippen LogP contribution in [0.3, 0.4) is 0 Å². The van der Waals surface area contributed by atoms with Gasteiger partial charge in [0, 0.05) is 18.5 Å². The Morgan fingerprint density at radius 2 is 1.91 bits per heavy atom. The first kappa shape index (κ1) is 15.4. The Kier molecular flexibility index (Phi) is 4.23. The second kappa shape index (κ2) is 6.32. The molecule has 6 heteroatoms. The molecule has 5 nitrogen and oxygen atoms in total. The molecule has 3 rings (SSSR count). The van der Waals surface area contributed by atoms with Crippen LogP contribution in [0, 0.1) is 5.82 Å². The van der Waals surface area contributed by atoms with Crippen LogP contribution in [0.25, 0.3) is 0 Å². The number of H-pyrrole nitrogens is 1. The normalized spacial score (nSPS) is 15.5. The van der Waals surface area contributed by atoms with E-state index in [0.717, 1.165) is 11.4 Å². The minimum atomic E-state index is -0.214. The molecule has 0 bridgehead atoms. The van der Waals surface area contributed by atoms with Gasteiger partial charge in [0.15, 0.2) is 5.82 Å². The van der Waals surface area contributed by atoms with Gasteiger partial charge in [0.05, 0.1) is 18.8 Å². The molecule has 1 atom stereocenters. The second-order valence-electron chi connectivity index (χ2n) is 5.91. The Morgan fingerprint density at radius 1 is 1.17 bits per heavy atom. The molecule has 2 aromatic rings. The number of halogens is 1. The molecule has 0 saturated carbocycles. The average Bonchev–Trinajstić information content (AvgIpc) is 3.15. The van der Waals surface area contributed by atoms with Crippen LogP contribution in [0.2, 0.25) is 0 Å². The van der Waals surface area contributed by atoms with Crippen molar-refractivity contribution in [2.75, 3.05) is 11.6 Å². The summed E-state index contributed by atoms with van der Waals surface area (Å²) in [5.41, 5.74) is 1.07. The van der Waals surface area contributed by atoms with E-state index in [-0.39, 0.29) is 18.0 Å². The number of nitrogens with one attached hydrogen (secondary N) is 1. The number of ether oxygens (including phenoxy) is 1. The second-order valence-corrected chi connectivity index (χ2v) is 5.91. The molecule has 1 aromatic heterocycles. The zero-order valence-corrected chi connectivity index (χ0v) is 13.5. The quantitative estimate of drug-likeness (QED) is 0.914. The van der Waals surface area contributed by atoms with Crippen molar-refractivity contribution < 1.29 is 9.13 Å². The van der Waals surface area contributed by atoms with Gasteiger partial charge in [-0.1, -0.05) is 12.1 Å². The molecule has 0 saturated heterocycles. The van der Waals surface area contributed by atoms with E-state index in [4.69, 9.17) is 4.74 Å². The third kappa shape index (κ3) is 3.47. The highest BCUT2D eigenvalue weighted by Crippen LogP contribution is 2.27. The minimum Gasteiger partial charge on any atom is -0.475 e. The Balaban J connectivity index is 1.65. The van der Waals surface area contributed by atoms with Crippen LogP contribution in [-0.4, -0.2) is 27.9 Å². The maximum Gasteiger partial charge on any atom is 0.211 e. The summed E-state index contributed by atoms with van der Waals surface area (Å²) in [6, 6.07) is 8.66. The van der Waals surface area contributed by atoms with Crippen molar-refractivity contribution in [1.29, 1.82) is 0 Å². The first-order valence-electron chi connectivity index (χ1n) is 7.71.